The molecule has 1 heteroatoms. The molecule has 2 rings (SSSR count). The van der Waals surface area contributed by atoms with E-state index in [1.807, 2.05) is 24.5 Å². The van der Waals surface area contributed by atoms with Gasteiger partial charge in [0.1, 0.15) is 0 Å². The van der Waals surface area contributed by atoms with Crippen LogP contribution in [0, 0.1) is 0 Å². The molecule has 1 aromatic carbocycles. The van der Waals surface area contributed by atoms with E-state index < -0.39 is 0 Å². The van der Waals surface area contributed by atoms with Crippen LogP contribution in [0.15, 0.2) is 55.4 Å². The number of hydrogen-bond acceptors (Lipinski definition) is 1. The van der Waals surface area contributed by atoms with Crippen molar-refractivity contribution in [2.24, 2.45) is 0 Å². The first-order chi connectivity index (χ1) is 7.81. The Labute approximate surface area is 96.5 Å². The van der Waals surface area contributed by atoms with Crippen LogP contribution in [0.3, 0.4) is 0 Å². The Morgan fingerprint density at radius 3 is 2.56 bits per heavy atom. The Bertz CT molecular complexity index is 486. The van der Waals surface area contributed by atoms with Crippen molar-refractivity contribution in [3.8, 4) is 11.1 Å². The van der Waals surface area contributed by atoms with Crippen molar-refractivity contribution in [1.29, 1.82) is 0 Å². The average molecular weight is 209 g/mol. The molecule has 0 bridgehead atoms. The lowest BCUT2D eigenvalue weighted by Gasteiger charge is -2.06. The summed E-state index contributed by atoms with van der Waals surface area (Å²) in [4.78, 5) is 4.03. The maximum Gasteiger partial charge on any atom is 0.0273 e. The highest BCUT2D eigenvalue weighted by Gasteiger charge is 2.00. The zero-order valence-corrected chi connectivity index (χ0v) is 9.48. The monoisotopic (exact) mass is 209 g/mol. The summed E-state index contributed by atoms with van der Waals surface area (Å²) in [7, 11) is 0. The number of allylic oxidation sites excluding steroid dienone is 1. The van der Waals surface area contributed by atoms with Crippen LogP contribution < -0.4 is 0 Å². The zero-order valence-electron chi connectivity index (χ0n) is 9.48. The number of aromatic nitrogens is 1. The van der Waals surface area contributed by atoms with Gasteiger partial charge in [-0.1, -0.05) is 31.7 Å². The third-order valence-corrected chi connectivity index (χ3v) is 2.71. The van der Waals surface area contributed by atoms with Crippen molar-refractivity contribution in [3.63, 3.8) is 0 Å². The number of rotatable bonds is 3. The lowest BCUT2D eigenvalue weighted by molar-refractivity contribution is 1.24. The summed E-state index contributed by atoms with van der Waals surface area (Å²) in [5.41, 5.74) is 4.81. The van der Waals surface area contributed by atoms with Crippen LogP contribution >= 0.6 is 0 Å². The molecule has 2 aromatic rings. The Hall–Kier alpha value is -1.89. The molecule has 0 radical (unpaired) electrons. The van der Waals surface area contributed by atoms with E-state index in [-0.39, 0.29) is 0 Å². The molecule has 1 aromatic heterocycles. The van der Waals surface area contributed by atoms with Crippen molar-refractivity contribution < 1.29 is 0 Å². The SMILES string of the molecule is C=C(CC)c1cccc(-c2ccncc2)c1. The molecule has 0 aliphatic heterocycles. The molecular weight excluding hydrogens is 194 g/mol. The van der Waals surface area contributed by atoms with Gasteiger partial charge in [0.05, 0.1) is 0 Å². The molecule has 0 atom stereocenters. The quantitative estimate of drug-likeness (QED) is 0.739. The summed E-state index contributed by atoms with van der Waals surface area (Å²) in [6.45, 7) is 6.19. The third kappa shape index (κ3) is 2.19. The van der Waals surface area contributed by atoms with Crippen molar-refractivity contribution in [1.82, 2.24) is 4.98 Å². The lowest BCUT2D eigenvalue weighted by Crippen LogP contribution is -1.83. The van der Waals surface area contributed by atoms with Gasteiger partial charge in [0, 0.05) is 12.4 Å². The highest BCUT2D eigenvalue weighted by Crippen LogP contribution is 2.23. The number of hydrogen-bond donors (Lipinski definition) is 0. The van der Waals surface area contributed by atoms with Gasteiger partial charge in [0.2, 0.25) is 0 Å². The van der Waals surface area contributed by atoms with E-state index in [4.69, 9.17) is 0 Å². The van der Waals surface area contributed by atoms with Crippen molar-refractivity contribution in [2.75, 3.05) is 0 Å². The second-order valence-corrected chi connectivity index (χ2v) is 3.77. The van der Waals surface area contributed by atoms with Gasteiger partial charge in [-0.25, -0.2) is 0 Å². The normalized spacial score (nSPS) is 10.1. The smallest absolute Gasteiger partial charge is 0.0273 e. The van der Waals surface area contributed by atoms with Gasteiger partial charge in [-0.05, 0) is 46.9 Å². The van der Waals surface area contributed by atoms with Gasteiger partial charge < -0.3 is 0 Å². The van der Waals surface area contributed by atoms with Crippen LogP contribution in [0.2, 0.25) is 0 Å². The summed E-state index contributed by atoms with van der Waals surface area (Å²) >= 11 is 0. The summed E-state index contributed by atoms with van der Waals surface area (Å²) in [5.74, 6) is 0. The van der Waals surface area contributed by atoms with Crippen LogP contribution in [-0.4, -0.2) is 4.98 Å². The molecule has 16 heavy (non-hydrogen) atoms. The van der Waals surface area contributed by atoms with Crippen molar-refractivity contribution >= 4 is 5.57 Å². The highest BCUT2D eigenvalue weighted by atomic mass is 14.6. The van der Waals surface area contributed by atoms with E-state index in [2.05, 4.69) is 42.8 Å². The molecule has 0 aliphatic rings. The van der Waals surface area contributed by atoms with E-state index in [1.54, 1.807) is 0 Å². The van der Waals surface area contributed by atoms with Crippen LogP contribution in [0.5, 0.6) is 0 Å². The van der Waals surface area contributed by atoms with Gasteiger partial charge in [0.25, 0.3) is 0 Å². The fourth-order valence-corrected chi connectivity index (χ4v) is 1.67. The van der Waals surface area contributed by atoms with Crippen LogP contribution in [-0.2, 0) is 0 Å². The Balaban J connectivity index is 2.40. The molecule has 0 fully saturated rings. The second-order valence-electron chi connectivity index (χ2n) is 3.77. The van der Waals surface area contributed by atoms with E-state index in [0.29, 0.717) is 0 Å². The van der Waals surface area contributed by atoms with E-state index >= 15 is 0 Å². The Kier molecular flexibility index (Phi) is 3.16. The molecule has 0 unspecified atom stereocenters. The Morgan fingerprint density at radius 1 is 1.12 bits per heavy atom. The molecule has 1 heterocycles. The van der Waals surface area contributed by atoms with E-state index in [9.17, 15) is 0 Å². The largest absolute Gasteiger partial charge is 0.265 e. The molecule has 80 valence electrons. The molecular formula is C15H15N. The Morgan fingerprint density at radius 2 is 1.88 bits per heavy atom. The fourth-order valence-electron chi connectivity index (χ4n) is 1.67. The molecule has 0 saturated carbocycles. The number of nitrogens with zero attached hydrogens (tertiary/aromatic N) is 1. The van der Waals surface area contributed by atoms with Gasteiger partial charge in [-0.15, -0.1) is 0 Å². The van der Waals surface area contributed by atoms with E-state index in [0.717, 1.165) is 6.42 Å². The van der Waals surface area contributed by atoms with Crippen LogP contribution in [0.25, 0.3) is 16.7 Å². The first kappa shape index (κ1) is 10.6. The minimum absolute atomic E-state index is 0.986. The first-order valence-electron chi connectivity index (χ1n) is 5.50. The highest BCUT2D eigenvalue weighted by molar-refractivity contribution is 5.71. The van der Waals surface area contributed by atoms with Gasteiger partial charge in [-0.3, -0.25) is 4.98 Å². The average Bonchev–Trinajstić information content (AvgIpc) is 2.39. The van der Waals surface area contributed by atoms with Crippen LogP contribution in [0.4, 0.5) is 0 Å². The van der Waals surface area contributed by atoms with E-state index in [1.165, 1.54) is 22.3 Å². The third-order valence-electron chi connectivity index (χ3n) is 2.71. The number of pyridine rings is 1. The molecule has 0 aliphatic carbocycles. The molecule has 0 spiro atoms. The van der Waals surface area contributed by atoms with Gasteiger partial charge >= 0.3 is 0 Å². The standard InChI is InChI=1S/C15H15N/c1-3-12(2)14-5-4-6-15(11-14)13-7-9-16-10-8-13/h4-11H,2-3H2,1H3. The van der Waals surface area contributed by atoms with Gasteiger partial charge in [-0.2, -0.15) is 0 Å². The van der Waals surface area contributed by atoms with Gasteiger partial charge in [0.15, 0.2) is 0 Å². The zero-order chi connectivity index (χ0) is 11.4. The lowest BCUT2D eigenvalue weighted by atomic mass is 9.99. The maximum absolute atomic E-state index is 4.07. The molecule has 1 nitrogen and oxygen atoms in total. The molecule has 0 saturated heterocycles. The maximum atomic E-state index is 4.07. The second kappa shape index (κ2) is 4.75. The van der Waals surface area contributed by atoms with Crippen molar-refractivity contribution in [2.45, 2.75) is 13.3 Å². The summed E-state index contributed by atoms with van der Waals surface area (Å²) in [6.07, 6.45) is 4.62. The predicted molar refractivity (Wildman–Crippen MR) is 69.0 cm³/mol. The molecule has 0 N–H and O–H groups in total. The first-order valence-corrected chi connectivity index (χ1v) is 5.50. The van der Waals surface area contributed by atoms with Crippen LogP contribution in [0.1, 0.15) is 18.9 Å². The number of benzene rings is 1. The topological polar surface area (TPSA) is 12.9 Å². The fraction of sp³-hybridized carbons (Fsp3) is 0.133. The minimum Gasteiger partial charge on any atom is -0.265 e. The van der Waals surface area contributed by atoms with Crippen molar-refractivity contribution in [3.05, 3.63) is 60.9 Å². The summed E-state index contributed by atoms with van der Waals surface area (Å²) in [6, 6.07) is 12.5. The summed E-state index contributed by atoms with van der Waals surface area (Å²) < 4.78 is 0. The molecule has 0 amide bonds. The predicted octanol–water partition coefficient (Wildman–Crippen LogP) is 4.17. The minimum atomic E-state index is 0.986. The summed E-state index contributed by atoms with van der Waals surface area (Å²) in [5, 5.41) is 0.